The normalized spacial score (nSPS) is 18.5. The molecule has 2 fully saturated rings. The Labute approximate surface area is 188 Å². The lowest BCUT2D eigenvalue weighted by Crippen LogP contribution is -2.49. The second-order valence-corrected chi connectivity index (χ2v) is 9.87. The summed E-state index contributed by atoms with van der Waals surface area (Å²) in [6, 6.07) is 8.50. The summed E-state index contributed by atoms with van der Waals surface area (Å²) >= 11 is 7.82. The Balaban J connectivity index is 1.46. The Morgan fingerprint density at radius 1 is 1.03 bits per heavy atom. The number of carbonyl (C=O) groups excluding carboxylic acids is 1. The molecule has 0 unspecified atom stereocenters. The minimum Gasteiger partial charge on any atom is -0.336 e. The van der Waals surface area contributed by atoms with Gasteiger partial charge in [0.15, 0.2) is 11.0 Å². The van der Waals surface area contributed by atoms with Crippen molar-refractivity contribution >= 4 is 29.3 Å². The number of rotatable bonds is 6. The molecule has 2 saturated carbocycles. The van der Waals surface area contributed by atoms with E-state index in [2.05, 4.69) is 15.1 Å². The molecule has 7 heteroatoms. The summed E-state index contributed by atoms with van der Waals surface area (Å²) in [5.41, 5.74) is 0.860. The van der Waals surface area contributed by atoms with E-state index in [1.165, 1.54) is 50.3 Å². The van der Waals surface area contributed by atoms with Gasteiger partial charge in [0.2, 0.25) is 5.91 Å². The molecule has 4 rings (SSSR count). The van der Waals surface area contributed by atoms with Crippen LogP contribution in [0.4, 0.5) is 0 Å². The number of hydrogen-bond acceptors (Lipinski definition) is 4. The number of halogens is 1. The lowest BCUT2D eigenvalue weighted by atomic mass is 9.88. The highest BCUT2D eigenvalue weighted by molar-refractivity contribution is 7.99. The molecule has 162 valence electrons. The number of benzene rings is 1. The first-order valence-electron chi connectivity index (χ1n) is 11.2. The van der Waals surface area contributed by atoms with Crippen LogP contribution in [0.15, 0.2) is 29.4 Å². The molecule has 1 heterocycles. The summed E-state index contributed by atoms with van der Waals surface area (Å²) in [6.45, 7) is 0. The monoisotopic (exact) mass is 446 g/mol. The number of hydrogen-bond donors (Lipinski definition) is 0. The van der Waals surface area contributed by atoms with Crippen molar-refractivity contribution in [2.75, 3.05) is 5.75 Å². The fraction of sp³-hybridized carbons (Fsp3) is 0.609. The van der Waals surface area contributed by atoms with Crippen molar-refractivity contribution in [3.8, 4) is 11.4 Å². The van der Waals surface area contributed by atoms with E-state index in [-0.39, 0.29) is 5.91 Å². The van der Waals surface area contributed by atoms with Crippen LogP contribution in [-0.4, -0.2) is 43.4 Å². The van der Waals surface area contributed by atoms with Gasteiger partial charge in [0, 0.05) is 24.7 Å². The number of carbonyl (C=O) groups is 1. The molecule has 5 nitrogen and oxygen atoms in total. The second-order valence-electron chi connectivity index (χ2n) is 8.52. The third-order valence-corrected chi connectivity index (χ3v) is 7.83. The minimum absolute atomic E-state index is 0.265. The summed E-state index contributed by atoms with van der Waals surface area (Å²) < 4.78 is 1.94. The number of aromatic nitrogens is 3. The predicted octanol–water partition coefficient (Wildman–Crippen LogP) is 5.72. The predicted molar refractivity (Wildman–Crippen MR) is 123 cm³/mol. The van der Waals surface area contributed by atoms with Crippen LogP contribution in [0, 0.1) is 0 Å². The first-order chi connectivity index (χ1) is 14.6. The molecule has 1 amide bonds. The third-order valence-electron chi connectivity index (χ3n) is 6.50. The fourth-order valence-corrected chi connectivity index (χ4v) is 5.94. The van der Waals surface area contributed by atoms with Gasteiger partial charge in [-0.1, -0.05) is 74.0 Å². The molecule has 2 aliphatic rings. The molecule has 2 aliphatic carbocycles. The maximum atomic E-state index is 13.4. The highest BCUT2D eigenvalue weighted by Gasteiger charge is 2.32. The molecule has 0 N–H and O–H groups in total. The van der Waals surface area contributed by atoms with Crippen molar-refractivity contribution in [3.63, 3.8) is 0 Å². The summed E-state index contributed by atoms with van der Waals surface area (Å²) in [7, 11) is 1.94. The van der Waals surface area contributed by atoms with Crippen molar-refractivity contribution in [1.82, 2.24) is 19.7 Å². The largest absolute Gasteiger partial charge is 0.336 e. The number of amides is 1. The summed E-state index contributed by atoms with van der Waals surface area (Å²) in [5.74, 6) is 1.41. The Morgan fingerprint density at radius 3 is 2.23 bits per heavy atom. The Bertz CT molecular complexity index is 841. The molecule has 30 heavy (non-hydrogen) atoms. The fourth-order valence-electron chi connectivity index (χ4n) is 4.94. The SMILES string of the molecule is Cn1c(SCC(=O)N(C2CCCCC2)C2CCCCC2)nnc1-c1ccccc1Cl. The quantitative estimate of drug-likeness (QED) is 0.532. The van der Waals surface area contributed by atoms with E-state index in [1.54, 1.807) is 0 Å². The third kappa shape index (κ3) is 4.86. The van der Waals surface area contributed by atoms with Crippen molar-refractivity contribution in [3.05, 3.63) is 29.3 Å². The first kappa shape index (κ1) is 21.7. The van der Waals surface area contributed by atoms with Crippen molar-refractivity contribution in [1.29, 1.82) is 0 Å². The van der Waals surface area contributed by atoms with E-state index >= 15 is 0 Å². The smallest absolute Gasteiger partial charge is 0.233 e. The van der Waals surface area contributed by atoms with E-state index in [4.69, 9.17) is 11.6 Å². The zero-order valence-corrected chi connectivity index (χ0v) is 19.3. The molecule has 0 spiro atoms. The Hall–Kier alpha value is -1.53. The molecule has 0 atom stereocenters. The van der Waals surface area contributed by atoms with E-state index in [0.29, 0.717) is 22.9 Å². The zero-order valence-electron chi connectivity index (χ0n) is 17.7. The number of thioether (sulfide) groups is 1. The van der Waals surface area contributed by atoms with Gasteiger partial charge in [0.1, 0.15) is 0 Å². The lowest BCUT2D eigenvalue weighted by molar-refractivity contribution is -0.135. The van der Waals surface area contributed by atoms with Gasteiger partial charge >= 0.3 is 0 Å². The number of nitrogens with zero attached hydrogens (tertiary/aromatic N) is 4. The van der Waals surface area contributed by atoms with Gasteiger partial charge in [-0.2, -0.15) is 0 Å². The van der Waals surface area contributed by atoms with Crippen LogP contribution in [0.2, 0.25) is 5.02 Å². The maximum absolute atomic E-state index is 13.4. The molecule has 0 aliphatic heterocycles. The summed E-state index contributed by atoms with van der Waals surface area (Å²) in [5, 5.41) is 10.1. The van der Waals surface area contributed by atoms with Gasteiger partial charge in [-0.05, 0) is 37.8 Å². The summed E-state index contributed by atoms with van der Waals surface area (Å²) in [6.07, 6.45) is 12.3. The van der Waals surface area contributed by atoms with Crippen LogP contribution in [-0.2, 0) is 11.8 Å². The topological polar surface area (TPSA) is 51.0 Å². The molecule has 0 saturated heterocycles. The maximum Gasteiger partial charge on any atom is 0.233 e. The molecular formula is C23H31ClN4OS. The Kier molecular flexibility index (Phi) is 7.37. The Morgan fingerprint density at radius 2 is 1.63 bits per heavy atom. The highest BCUT2D eigenvalue weighted by atomic mass is 35.5. The molecule has 0 radical (unpaired) electrons. The van der Waals surface area contributed by atoms with Crippen LogP contribution >= 0.6 is 23.4 Å². The average molecular weight is 447 g/mol. The van der Waals surface area contributed by atoms with Crippen LogP contribution < -0.4 is 0 Å². The van der Waals surface area contributed by atoms with E-state index in [0.717, 1.165) is 42.2 Å². The molecule has 1 aromatic carbocycles. The lowest BCUT2D eigenvalue weighted by Gasteiger charge is -2.41. The van der Waals surface area contributed by atoms with Crippen molar-refractivity contribution in [2.45, 2.75) is 81.4 Å². The standard InChI is InChI=1S/C23H31ClN4OS/c1-27-22(19-14-8-9-15-20(19)24)25-26-23(27)30-16-21(29)28(17-10-4-2-5-11-17)18-12-6-3-7-13-18/h8-9,14-15,17-18H,2-7,10-13,16H2,1H3. The van der Waals surface area contributed by atoms with Gasteiger partial charge < -0.3 is 9.47 Å². The van der Waals surface area contributed by atoms with E-state index < -0.39 is 0 Å². The molecule has 0 bridgehead atoms. The highest BCUT2D eigenvalue weighted by Crippen LogP contribution is 2.32. The zero-order chi connectivity index (χ0) is 20.9. The van der Waals surface area contributed by atoms with Crippen LogP contribution in [0.3, 0.4) is 0 Å². The molecule has 2 aromatic rings. The van der Waals surface area contributed by atoms with Crippen LogP contribution in [0.1, 0.15) is 64.2 Å². The molecular weight excluding hydrogens is 416 g/mol. The van der Waals surface area contributed by atoms with Crippen molar-refractivity contribution in [2.24, 2.45) is 7.05 Å². The summed E-state index contributed by atoms with van der Waals surface area (Å²) in [4.78, 5) is 15.7. The van der Waals surface area contributed by atoms with Crippen molar-refractivity contribution < 1.29 is 4.79 Å². The first-order valence-corrected chi connectivity index (χ1v) is 12.6. The van der Waals surface area contributed by atoms with Crippen LogP contribution in [0.25, 0.3) is 11.4 Å². The van der Waals surface area contributed by atoms with Gasteiger partial charge in [0.25, 0.3) is 0 Å². The molecule has 1 aromatic heterocycles. The van der Waals surface area contributed by atoms with Gasteiger partial charge in [-0.3, -0.25) is 4.79 Å². The van der Waals surface area contributed by atoms with Gasteiger partial charge in [-0.15, -0.1) is 10.2 Å². The van der Waals surface area contributed by atoms with E-state index in [1.807, 2.05) is 35.9 Å². The average Bonchev–Trinajstić information content (AvgIpc) is 3.14. The van der Waals surface area contributed by atoms with Gasteiger partial charge in [-0.25, -0.2) is 0 Å². The second kappa shape index (κ2) is 10.2. The van der Waals surface area contributed by atoms with Gasteiger partial charge in [0.05, 0.1) is 10.8 Å². The minimum atomic E-state index is 0.265. The van der Waals surface area contributed by atoms with E-state index in [9.17, 15) is 4.79 Å². The van der Waals surface area contributed by atoms with Crippen LogP contribution in [0.5, 0.6) is 0 Å².